The summed E-state index contributed by atoms with van der Waals surface area (Å²) in [5, 5.41) is 12.8. The summed E-state index contributed by atoms with van der Waals surface area (Å²) in [6.07, 6.45) is -5.21. The van der Waals surface area contributed by atoms with Crippen LogP contribution in [0.4, 0.5) is 18.9 Å². The lowest BCUT2D eigenvalue weighted by molar-refractivity contribution is -0.138. The Morgan fingerprint density at radius 1 is 1.10 bits per heavy atom. The summed E-state index contributed by atoms with van der Waals surface area (Å²) in [5.41, 5.74) is 0.264. The van der Waals surface area contributed by atoms with Gasteiger partial charge in [-0.25, -0.2) is 0 Å². The van der Waals surface area contributed by atoms with E-state index in [1.54, 1.807) is 24.3 Å². The zero-order valence-corrected chi connectivity index (χ0v) is 12.4. The van der Waals surface area contributed by atoms with Gasteiger partial charge in [0.15, 0.2) is 0 Å². The smallest absolute Gasteiger partial charge is 0.387 e. The molecule has 0 aliphatic rings. The summed E-state index contributed by atoms with van der Waals surface area (Å²) in [6, 6.07) is 12.8. The van der Waals surface area contributed by atoms with Gasteiger partial charge in [0.1, 0.15) is 0 Å². The van der Waals surface area contributed by atoms with Crippen LogP contribution in [-0.2, 0) is 6.18 Å². The van der Waals surface area contributed by atoms with Gasteiger partial charge >= 0.3 is 6.18 Å². The summed E-state index contributed by atoms with van der Waals surface area (Å²) < 4.78 is 38.3. The number of hydrogen-bond donors (Lipinski definition) is 2. The van der Waals surface area contributed by atoms with Gasteiger partial charge in [-0.3, -0.25) is 0 Å². The molecule has 1 atom stereocenters. The van der Waals surface area contributed by atoms with Crippen molar-refractivity contribution >= 4 is 21.6 Å². The number of halogens is 4. The molecule has 2 aromatic rings. The highest BCUT2D eigenvalue weighted by atomic mass is 79.9. The Balaban J connectivity index is 2.07. The molecule has 0 fully saturated rings. The predicted molar refractivity (Wildman–Crippen MR) is 79.0 cm³/mol. The third-order valence-electron chi connectivity index (χ3n) is 2.96. The lowest BCUT2D eigenvalue weighted by Crippen LogP contribution is -2.13. The van der Waals surface area contributed by atoms with E-state index in [2.05, 4.69) is 21.2 Å². The fourth-order valence-electron chi connectivity index (χ4n) is 1.86. The molecule has 0 aliphatic heterocycles. The van der Waals surface area contributed by atoms with E-state index in [-0.39, 0.29) is 11.0 Å². The van der Waals surface area contributed by atoms with Gasteiger partial charge in [-0.1, -0.05) is 46.3 Å². The first-order valence-electron chi connectivity index (χ1n) is 6.21. The molecule has 0 bridgehead atoms. The Kier molecular flexibility index (Phi) is 4.90. The molecular formula is C15H13BrF3NO. The van der Waals surface area contributed by atoms with E-state index in [0.29, 0.717) is 11.3 Å². The van der Waals surface area contributed by atoms with Gasteiger partial charge in [-0.2, -0.15) is 13.2 Å². The van der Waals surface area contributed by atoms with Crippen LogP contribution in [0.1, 0.15) is 17.2 Å². The maximum atomic E-state index is 12.8. The minimum atomic E-state index is -4.42. The minimum absolute atomic E-state index is 0.0100. The first kappa shape index (κ1) is 15.9. The average molecular weight is 360 g/mol. The molecule has 2 nitrogen and oxygen atoms in total. The Labute approximate surface area is 128 Å². The minimum Gasteiger partial charge on any atom is -0.387 e. The lowest BCUT2D eigenvalue weighted by Gasteiger charge is -2.15. The highest BCUT2D eigenvalue weighted by Gasteiger charge is 2.33. The second-order valence-corrected chi connectivity index (χ2v) is 5.35. The van der Waals surface area contributed by atoms with Gasteiger partial charge in [-0.15, -0.1) is 0 Å². The zero-order valence-electron chi connectivity index (χ0n) is 10.9. The molecule has 0 saturated heterocycles. The van der Waals surface area contributed by atoms with Crippen molar-refractivity contribution in [1.29, 1.82) is 0 Å². The van der Waals surface area contributed by atoms with Crippen LogP contribution in [0, 0.1) is 0 Å². The quantitative estimate of drug-likeness (QED) is 0.835. The SMILES string of the molecule is OC(CNc1ccc(Br)c(C(F)(F)F)c1)c1ccccc1. The van der Waals surface area contributed by atoms with Gasteiger partial charge in [0, 0.05) is 16.7 Å². The van der Waals surface area contributed by atoms with Crippen LogP contribution in [0.5, 0.6) is 0 Å². The first-order chi connectivity index (χ1) is 9.88. The third kappa shape index (κ3) is 4.22. The predicted octanol–water partition coefficient (Wildman–Crippen LogP) is 4.61. The zero-order chi connectivity index (χ0) is 15.5. The van der Waals surface area contributed by atoms with Gasteiger partial charge in [-0.05, 0) is 23.8 Å². The van der Waals surface area contributed by atoms with E-state index in [4.69, 9.17) is 0 Å². The third-order valence-corrected chi connectivity index (χ3v) is 3.65. The van der Waals surface area contributed by atoms with Crippen LogP contribution in [0.25, 0.3) is 0 Å². The molecule has 1 unspecified atom stereocenters. The van der Waals surface area contributed by atoms with Crippen molar-refractivity contribution in [1.82, 2.24) is 0 Å². The molecule has 0 aromatic heterocycles. The summed E-state index contributed by atoms with van der Waals surface area (Å²) in [5.74, 6) is 0. The Morgan fingerprint density at radius 2 is 1.76 bits per heavy atom. The van der Waals surface area contributed by atoms with Crippen molar-refractivity contribution in [3.8, 4) is 0 Å². The second kappa shape index (κ2) is 6.49. The number of benzene rings is 2. The number of nitrogens with one attached hydrogen (secondary N) is 1. The Hall–Kier alpha value is -1.53. The molecule has 0 heterocycles. The fourth-order valence-corrected chi connectivity index (χ4v) is 2.33. The Morgan fingerprint density at radius 3 is 2.38 bits per heavy atom. The van der Waals surface area contributed by atoms with Crippen molar-refractivity contribution in [3.05, 3.63) is 64.1 Å². The van der Waals surface area contributed by atoms with Crippen LogP contribution in [0.2, 0.25) is 0 Å². The normalized spacial score (nSPS) is 13.0. The molecule has 6 heteroatoms. The molecule has 2 rings (SSSR count). The highest BCUT2D eigenvalue weighted by Crippen LogP contribution is 2.36. The van der Waals surface area contributed by atoms with Gasteiger partial charge < -0.3 is 10.4 Å². The standard InChI is InChI=1S/C15H13BrF3NO/c16-13-7-6-11(8-12(13)15(17,18)19)20-9-14(21)10-4-2-1-3-5-10/h1-8,14,20-21H,9H2. The first-order valence-corrected chi connectivity index (χ1v) is 7.01. The van der Waals surface area contributed by atoms with Crippen molar-refractivity contribution in [2.75, 3.05) is 11.9 Å². The van der Waals surface area contributed by atoms with Crippen molar-refractivity contribution < 1.29 is 18.3 Å². The summed E-state index contributed by atoms with van der Waals surface area (Å²) in [6.45, 7) is 0.128. The maximum absolute atomic E-state index is 12.8. The molecule has 21 heavy (non-hydrogen) atoms. The molecular weight excluding hydrogens is 347 g/mol. The van der Waals surface area contributed by atoms with Crippen LogP contribution in [-0.4, -0.2) is 11.7 Å². The number of hydrogen-bond acceptors (Lipinski definition) is 2. The highest BCUT2D eigenvalue weighted by molar-refractivity contribution is 9.10. The topological polar surface area (TPSA) is 32.3 Å². The largest absolute Gasteiger partial charge is 0.417 e. The number of aliphatic hydroxyl groups is 1. The van der Waals surface area contributed by atoms with Crippen molar-refractivity contribution in [3.63, 3.8) is 0 Å². The molecule has 0 saturated carbocycles. The number of alkyl halides is 3. The average Bonchev–Trinajstić information content (AvgIpc) is 2.45. The monoisotopic (exact) mass is 359 g/mol. The molecule has 2 N–H and O–H groups in total. The van der Waals surface area contributed by atoms with E-state index < -0.39 is 17.8 Å². The summed E-state index contributed by atoms with van der Waals surface area (Å²) in [7, 11) is 0. The van der Waals surface area contributed by atoms with Crippen molar-refractivity contribution in [2.45, 2.75) is 12.3 Å². The van der Waals surface area contributed by atoms with Gasteiger partial charge in [0.25, 0.3) is 0 Å². The van der Waals surface area contributed by atoms with E-state index in [0.717, 1.165) is 6.07 Å². The van der Waals surface area contributed by atoms with Crippen LogP contribution in [0.15, 0.2) is 53.0 Å². The van der Waals surface area contributed by atoms with Gasteiger partial charge in [0.05, 0.1) is 11.7 Å². The maximum Gasteiger partial charge on any atom is 0.417 e. The Bertz CT molecular complexity index is 602. The number of rotatable bonds is 4. The molecule has 0 amide bonds. The molecule has 0 radical (unpaired) electrons. The lowest BCUT2D eigenvalue weighted by atomic mass is 10.1. The van der Waals surface area contributed by atoms with Crippen molar-refractivity contribution in [2.24, 2.45) is 0 Å². The summed E-state index contributed by atoms with van der Waals surface area (Å²) >= 11 is 2.89. The number of aliphatic hydroxyl groups excluding tert-OH is 1. The molecule has 2 aromatic carbocycles. The van der Waals surface area contributed by atoms with E-state index >= 15 is 0 Å². The van der Waals surface area contributed by atoms with Gasteiger partial charge in [0.2, 0.25) is 0 Å². The molecule has 112 valence electrons. The van der Waals surface area contributed by atoms with Crippen LogP contribution in [0.3, 0.4) is 0 Å². The van der Waals surface area contributed by atoms with E-state index in [9.17, 15) is 18.3 Å². The van der Waals surface area contributed by atoms with Crippen LogP contribution < -0.4 is 5.32 Å². The summed E-state index contributed by atoms with van der Waals surface area (Å²) in [4.78, 5) is 0. The number of anilines is 1. The van der Waals surface area contributed by atoms with E-state index in [1.165, 1.54) is 12.1 Å². The second-order valence-electron chi connectivity index (χ2n) is 4.50. The molecule has 0 spiro atoms. The van der Waals surface area contributed by atoms with E-state index in [1.807, 2.05) is 6.07 Å². The fraction of sp³-hybridized carbons (Fsp3) is 0.200. The van der Waals surface area contributed by atoms with Crippen LogP contribution >= 0.6 is 15.9 Å². The molecule has 0 aliphatic carbocycles.